The Bertz CT molecular complexity index is 665. The normalized spacial score (nSPS) is 10.8. The first-order chi connectivity index (χ1) is 12.0. The zero-order valence-corrected chi connectivity index (χ0v) is 14.9. The summed E-state index contributed by atoms with van der Waals surface area (Å²) >= 11 is 0. The Balaban J connectivity index is 0.000000481. The molecular weight excluding hydrogens is 367 g/mol. The minimum Gasteiger partial charge on any atom is -0.507 e. The average Bonchev–Trinajstić information content (AvgIpc) is 2.52. The SMILES string of the molecule is NC(=O)N[C@@H](CCC(=O)O)C(=O)O.O=C(O)CCc1ccc(O)c(P)c1. The lowest BCUT2D eigenvalue weighted by atomic mass is 10.1. The lowest BCUT2D eigenvalue weighted by molar-refractivity contribution is -0.140. The molecule has 0 heterocycles. The number of nitrogens with two attached hydrogens (primary N) is 1. The average molecular weight is 388 g/mol. The highest BCUT2D eigenvalue weighted by Gasteiger charge is 2.19. The minimum absolute atomic E-state index is 0.120. The van der Waals surface area contributed by atoms with Gasteiger partial charge in [0.05, 0.1) is 0 Å². The molecule has 0 aliphatic rings. The van der Waals surface area contributed by atoms with Gasteiger partial charge in [-0.25, -0.2) is 9.59 Å². The van der Waals surface area contributed by atoms with E-state index in [2.05, 4.69) is 15.0 Å². The molecule has 1 aromatic rings. The van der Waals surface area contributed by atoms with Gasteiger partial charge in [-0.3, -0.25) is 9.59 Å². The van der Waals surface area contributed by atoms with Crippen LogP contribution in [0.4, 0.5) is 4.79 Å². The van der Waals surface area contributed by atoms with Gasteiger partial charge in [-0.05, 0) is 30.5 Å². The standard InChI is InChI=1S/C9H11O3P.C6H10N2O5/c10-7-3-1-6(5-8(7)13)2-4-9(11)12;7-6(13)8-3(5(11)12)1-2-4(9)10/h1,3,5,10H,2,4,13H2,(H,11,12);3H,1-2H2,(H,9,10)(H,11,12)(H3,7,8,13)/t;3-/m.0/s1. The van der Waals surface area contributed by atoms with Crippen molar-refractivity contribution in [1.29, 1.82) is 0 Å². The molecule has 0 aromatic heterocycles. The summed E-state index contributed by atoms with van der Waals surface area (Å²) in [5, 5.41) is 36.9. The molecule has 2 amide bonds. The van der Waals surface area contributed by atoms with Crippen molar-refractivity contribution in [3.8, 4) is 5.75 Å². The summed E-state index contributed by atoms with van der Waals surface area (Å²) in [5.41, 5.74) is 5.60. The van der Waals surface area contributed by atoms with Gasteiger partial charge in [0.15, 0.2) is 0 Å². The zero-order valence-electron chi connectivity index (χ0n) is 13.7. The summed E-state index contributed by atoms with van der Waals surface area (Å²) in [6.45, 7) is 0. The monoisotopic (exact) mass is 388 g/mol. The smallest absolute Gasteiger partial charge is 0.326 e. The maximum atomic E-state index is 10.4. The van der Waals surface area contributed by atoms with Crippen molar-refractivity contribution in [3.05, 3.63) is 23.8 Å². The predicted molar refractivity (Wildman–Crippen MR) is 94.4 cm³/mol. The van der Waals surface area contributed by atoms with Gasteiger partial charge in [-0.2, -0.15) is 0 Å². The molecule has 1 rings (SSSR count). The second kappa shape index (κ2) is 11.6. The van der Waals surface area contributed by atoms with Crippen LogP contribution in [0.3, 0.4) is 0 Å². The third-order valence-electron chi connectivity index (χ3n) is 2.98. The third kappa shape index (κ3) is 10.8. The number of carbonyl (C=O) groups excluding carboxylic acids is 1. The number of aromatic hydroxyl groups is 1. The van der Waals surface area contributed by atoms with Crippen molar-refractivity contribution >= 4 is 38.5 Å². The number of carboxylic acid groups (broad SMARTS) is 3. The molecule has 11 heteroatoms. The number of carboxylic acids is 3. The molecule has 0 aliphatic heterocycles. The Labute approximate surface area is 151 Å². The topological polar surface area (TPSA) is 187 Å². The van der Waals surface area contributed by atoms with Gasteiger partial charge in [0.2, 0.25) is 0 Å². The van der Waals surface area contributed by atoms with Crippen LogP contribution in [-0.2, 0) is 20.8 Å². The molecule has 144 valence electrons. The fourth-order valence-corrected chi connectivity index (χ4v) is 2.02. The molecule has 0 fully saturated rings. The largest absolute Gasteiger partial charge is 0.507 e. The lowest BCUT2D eigenvalue weighted by Crippen LogP contribution is -2.43. The minimum atomic E-state index is -1.31. The van der Waals surface area contributed by atoms with Gasteiger partial charge in [-0.1, -0.05) is 6.07 Å². The molecule has 0 radical (unpaired) electrons. The number of benzene rings is 1. The molecule has 0 aliphatic carbocycles. The third-order valence-corrected chi connectivity index (χ3v) is 3.44. The second-order valence-corrected chi connectivity index (χ2v) is 5.74. The molecular formula is C15H21N2O8P. The summed E-state index contributed by atoms with van der Waals surface area (Å²) in [5.74, 6) is -3.03. The zero-order chi connectivity index (χ0) is 20.3. The van der Waals surface area contributed by atoms with Crippen LogP contribution >= 0.6 is 9.24 Å². The van der Waals surface area contributed by atoms with Gasteiger partial charge in [0.1, 0.15) is 11.8 Å². The van der Waals surface area contributed by atoms with Crippen molar-refractivity contribution < 1.29 is 39.6 Å². The van der Waals surface area contributed by atoms with Crippen LogP contribution in [0, 0.1) is 0 Å². The van der Waals surface area contributed by atoms with E-state index in [4.69, 9.17) is 15.3 Å². The van der Waals surface area contributed by atoms with E-state index in [1.165, 1.54) is 0 Å². The molecule has 1 aromatic carbocycles. The van der Waals surface area contributed by atoms with E-state index in [0.29, 0.717) is 11.7 Å². The number of rotatable bonds is 8. The molecule has 26 heavy (non-hydrogen) atoms. The number of primary amides is 1. The van der Waals surface area contributed by atoms with Crippen LogP contribution in [0.2, 0.25) is 0 Å². The quantitative estimate of drug-likeness (QED) is 0.332. The summed E-state index contributed by atoms with van der Waals surface area (Å²) in [7, 11) is 2.40. The van der Waals surface area contributed by atoms with Gasteiger partial charge in [0, 0.05) is 18.1 Å². The van der Waals surface area contributed by atoms with Crippen LogP contribution in [0.25, 0.3) is 0 Å². The summed E-state index contributed by atoms with van der Waals surface area (Å²) in [6.07, 6.45) is 0.0940. The lowest BCUT2D eigenvalue weighted by Gasteiger charge is -2.10. The molecule has 7 N–H and O–H groups in total. The molecule has 0 saturated heterocycles. The van der Waals surface area contributed by atoms with Crippen LogP contribution in [-0.4, -0.2) is 50.4 Å². The Morgan fingerprint density at radius 2 is 1.65 bits per heavy atom. The van der Waals surface area contributed by atoms with E-state index in [1.54, 1.807) is 18.2 Å². The van der Waals surface area contributed by atoms with Crippen molar-refractivity contribution in [3.63, 3.8) is 0 Å². The first kappa shape index (κ1) is 23.1. The molecule has 0 saturated carbocycles. The van der Waals surface area contributed by atoms with E-state index < -0.39 is 30.0 Å². The van der Waals surface area contributed by atoms with E-state index >= 15 is 0 Å². The Kier molecular flexibility index (Phi) is 10.4. The molecule has 0 spiro atoms. The predicted octanol–water partition coefficient (Wildman–Crippen LogP) is -0.117. The molecule has 10 nitrogen and oxygen atoms in total. The number of aliphatic carboxylic acids is 3. The number of nitrogens with one attached hydrogen (secondary N) is 1. The van der Waals surface area contributed by atoms with E-state index in [0.717, 1.165) is 5.56 Å². The molecule has 2 atom stereocenters. The Morgan fingerprint density at radius 1 is 1.08 bits per heavy atom. The highest BCUT2D eigenvalue weighted by atomic mass is 31.0. The Hall–Kier alpha value is -2.87. The first-order valence-electron chi connectivity index (χ1n) is 7.32. The van der Waals surface area contributed by atoms with Gasteiger partial charge in [-0.15, -0.1) is 9.24 Å². The molecule has 1 unspecified atom stereocenters. The number of urea groups is 1. The number of carbonyl (C=O) groups is 4. The number of aryl methyl sites for hydroxylation is 1. The van der Waals surface area contributed by atoms with Gasteiger partial charge < -0.3 is 31.5 Å². The van der Waals surface area contributed by atoms with Crippen molar-refractivity contribution in [2.75, 3.05) is 0 Å². The second-order valence-electron chi connectivity index (χ2n) is 5.12. The number of amides is 2. The van der Waals surface area contributed by atoms with E-state index in [1.807, 2.05) is 5.32 Å². The fraction of sp³-hybridized carbons (Fsp3) is 0.333. The van der Waals surface area contributed by atoms with E-state index in [9.17, 15) is 24.3 Å². The summed E-state index contributed by atoms with van der Waals surface area (Å²) in [4.78, 5) is 41.0. The maximum Gasteiger partial charge on any atom is 0.326 e. The highest BCUT2D eigenvalue weighted by molar-refractivity contribution is 7.27. The van der Waals surface area contributed by atoms with Crippen molar-refractivity contribution in [2.24, 2.45) is 5.73 Å². The number of hydrogen-bond acceptors (Lipinski definition) is 5. The maximum absolute atomic E-state index is 10.4. The number of phenolic OH excluding ortho intramolecular Hbond substituents is 1. The molecule has 0 bridgehead atoms. The Morgan fingerprint density at radius 3 is 2.08 bits per heavy atom. The number of phenols is 1. The van der Waals surface area contributed by atoms with Crippen LogP contribution < -0.4 is 16.4 Å². The van der Waals surface area contributed by atoms with Crippen LogP contribution in [0.1, 0.15) is 24.8 Å². The first-order valence-corrected chi connectivity index (χ1v) is 7.90. The summed E-state index contributed by atoms with van der Waals surface area (Å²) in [6, 6.07) is 2.83. The number of hydrogen-bond donors (Lipinski definition) is 6. The van der Waals surface area contributed by atoms with Crippen LogP contribution in [0.15, 0.2) is 18.2 Å². The van der Waals surface area contributed by atoms with Gasteiger partial charge >= 0.3 is 23.9 Å². The van der Waals surface area contributed by atoms with E-state index in [-0.39, 0.29) is 25.0 Å². The van der Waals surface area contributed by atoms with Crippen LogP contribution in [0.5, 0.6) is 5.75 Å². The van der Waals surface area contributed by atoms with Gasteiger partial charge in [0.25, 0.3) is 0 Å². The highest BCUT2D eigenvalue weighted by Crippen LogP contribution is 2.12. The fourth-order valence-electron chi connectivity index (χ4n) is 1.71. The summed E-state index contributed by atoms with van der Waals surface area (Å²) < 4.78 is 0. The van der Waals surface area contributed by atoms with Crippen molar-refractivity contribution in [2.45, 2.75) is 31.7 Å². The van der Waals surface area contributed by atoms with Crippen molar-refractivity contribution in [1.82, 2.24) is 5.32 Å².